The Hall–Kier alpha value is -2.31. The fourth-order valence-electron chi connectivity index (χ4n) is 5.93. The van der Waals surface area contributed by atoms with Gasteiger partial charge in [0.2, 0.25) is 0 Å². The molecule has 0 aromatic heterocycles. The van der Waals surface area contributed by atoms with Gasteiger partial charge >= 0.3 is 6.09 Å². The Balaban J connectivity index is 2.65. The highest BCUT2D eigenvalue weighted by molar-refractivity contribution is 6.78. The maximum absolute atomic E-state index is 14.4. The number of benzene rings is 1. The molecule has 8 nitrogen and oxygen atoms in total. The van der Waals surface area contributed by atoms with Crippen molar-refractivity contribution >= 4 is 34.3 Å². The minimum Gasteiger partial charge on any atom is -0.540 e. The zero-order valence-corrected chi connectivity index (χ0v) is 32.4. The molecular weight excluding hydrogens is 589 g/mol. The first-order chi connectivity index (χ1) is 20.0. The number of amides is 2. The molecule has 1 aromatic rings. The van der Waals surface area contributed by atoms with Crippen molar-refractivity contribution in [2.24, 2.45) is 0 Å². The summed E-state index contributed by atoms with van der Waals surface area (Å²) in [5.41, 5.74) is 1.95. The van der Waals surface area contributed by atoms with E-state index in [9.17, 15) is 9.59 Å². The summed E-state index contributed by atoms with van der Waals surface area (Å²) < 4.78 is 25.0. The Labute approximate surface area is 269 Å². The highest BCUT2D eigenvalue weighted by atomic mass is 28.4. The zero-order chi connectivity index (χ0) is 34.0. The van der Waals surface area contributed by atoms with Crippen LogP contribution in [0.3, 0.4) is 0 Å². The molecule has 1 heterocycles. The van der Waals surface area contributed by atoms with Crippen molar-refractivity contribution in [3.05, 3.63) is 29.5 Å². The van der Waals surface area contributed by atoms with E-state index < -0.39 is 28.3 Å². The van der Waals surface area contributed by atoms with Crippen LogP contribution in [-0.4, -0.2) is 58.9 Å². The summed E-state index contributed by atoms with van der Waals surface area (Å²) in [4.78, 5) is 29.2. The van der Waals surface area contributed by atoms with E-state index in [4.69, 9.17) is 18.3 Å². The number of carbonyl (C=O) groups excluding carboxylic acids is 2. The minimum atomic E-state index is -2.39. The molecule has 0 bridgehead atoms. The minimum absolute atomic E-state index is 0.0527. The van der Waals surface area contributed by atoms with E-state index >= 15 is 0 Å². The second-order valence-corrected chi connectivity index (χ2v) is 25.9. The van der Waals surface area contributed by atoms with Gasteiger partial charge in [0.1, 0.15) is 11.4 Å². The molecule has 0 aliphatic carbocycles. The lowest BCUT2D eigenvalue weighted by atomic mass is 10.1. The first-order valence-corrected chi connectivity index (χ1v) is 21.1. The molecule has 1 atom stereocenters. The summed E-state index contributed by atoms with van der Waals surface area (Å²) >= 11 is 0. The number of nitrogens with zero attached hydrogens (tertiary/aromatic N) is 1. The smallest absolute Gasteiger partial charge is 0.412 e. The molecule has 1 aliphatic rings. The number of hydrogen-bond acceptors (Lipinski definition) is 6. The maximum Gasteiger partial charge on any atom is 0.412 e. The topological polar surface area (TPSA) is 86.3 Å². The standard InChI is InChI=1S/C34H60N2O6Si2/c1-22(2)44(23(3)4,24(5)6)42-30-19-28(35-32(38)41-33(8,9)10)27(18-29(30)39-14)31(37)36-20-25(7)17-26(36)21-40-43(15,16)34(11,12)13/h18-20,22-24,26H,17,21H2,1-16H3,(H,35,38)/t26-/m0/s1. The summed E-state index contributed by atoms with van der Waals surface area (Å²) in [5.74, 6) is 0.724. The van der Waals surface area contributed by atoms with Gasteiger partial charge in [-0.25, -0.2) is 4.79 Å². The van der Waals surface area contributed by atoms with Crippen LogP contribution in [0.2, 0.25) is 34.8 Å². The van der Waals surface area contributed by atoms with Crippen LogP contribution in [0.1, 0.15) is 107 Å². The summed E-state index contributed by atoms with van der Waals surface area (Å²) in [6.45, 7) is 32.2. The lowest BCUT2D eigenvalue weighted by Crippen LogP contribution is -2.50. The van der Waals surface area contributed by atoms with E-state index in [-0.39, 0.29) is 17.0 Å². The first-order valence-electron chi connectivity index (χ1n) is 16.0. The Morgan fingerprint density at radius 1 is 0.955 bits per heavy atom. The van der Waals surface area contributed by atoms with Gasteiger partial charge in [-0.3, -0.25) is 10.1 Å². The van der Waals surface area contributed by atoms with Gasteiger partial charge in [0.15, 0.2) is 14.1 Å². The molecule has 250 valence electrons. The van der Waals surface area contributed by atoms with Crippen molar-refractivity contribution in [1.29, 1.82) is 0 Å². The lowest BCUT2D eigenvalue weighted by Gasteiger charge is -2.42. The molecule has 0 saturated carbocycles. The average molecular weight is 649 g/mol. The Morgan fingerprint density at radius 2 is 1.50 bits per heavy atom. The van der Waals surface area contributed by atoms with E-state index in [1.54, 1.807) is 44.9 Å². The third-order valence-electron chi connectivity index (χ3n) is 9.15. The quantitative estimate of drug-likeness (QED) is 0.240. The predicted molar refractivity (Wildman–Crippen MR) is 186 cm³/mol. The molecule has 0 unspecified atom stereocenters. The molecule has 0 fully saturated rings. The monoisotopic (exact) mass is 648 g/mol. The van der Waals surface area contributed by atoms with Crippen LogP contribution in [-0.2, 0) is 9.16 Å². The van der Waals surface area contributed by atoms with E-state index in [0.717, 1.165) is 12.0 Å². The fraction of sp³-hybridized carbons (Fsp3) is 0.706. The average Bonchev–Trinajstić information content (AvgIpc) is 3.23. The van der Waals surface area contributed by atoms with Crippen molar-refractivity contribution in [3.63, 3.8) is 0 Å². The first kappa shape index (κ1) is 37.9. The van der Waals surface area contributed by atoms with Gasteiger partial charge in [-0.2, -0.15) is 0 Å². The van der Waals surface area contributed by atoms with Gasteiger partial charge in [-0.1, -0.05) is 67.9 Å². The van der Waals surface area contributed by atoms with E-state index in [2.05, 4.69) is 80.7 Å². The van der Waals surface area contributed by atoms with Crippen LogP contribution in [0.25, 0.3) is 0 Å². The highest BCUT2D eigenvalue weighted by Crippen LogP contribution is 2.46. The van der Waals surface area contributed by atoms with Gasteiger partial charge in [0.25, 0.3) is 14.2 Å². The predicted octanol–water partition coefficient (Wildman–Crippen LogP) is 9.74. The van der Waals surface area contributed by atoms with Crippen LogP contribution in [0.4, 0.5) is 10.5 Å². The summed E-state index contributed by atoms with van der Waals surface area (Å²) in [6.07, 6.45) is 1.97. The third-order valence-corrected chi connectivity index (χ3v) is 19.6. The molecule has 0 saturated heterocycles. The molecule has 44 heavy (non-hydrogen) atoms. The fourth-order valence-corrected chi connectivity index (χ4v) is 12.2. The normalized spacial score (nSPS) is 16.5. The molecule has 0 spiro atoms. The maximum atomic E-state index is 14.4. The van der Waals surface area contributed by atoms with Crippen molar-refractivity contribution in [2.45, 2.75) is 143 Å². The molecule has 2 rings (SSSR count). The van der Waals surface area contributed by atoms with Crippen molar-refractivity contribution < 1.29 is 27.9 Å². The van der Waals surface area contributed by atoms with Crippen LogP contribution >= 0.6 is 0 Å². The number of nitrogens with one attached hydrogen (secondary N) is 1. The van der Waals surface area contributed by atoms with E-state index in [1.807, 2.05) is 13.1 Å². The Bertz CT molecular complexity index is 1190. The molecule has 10 heteroatoms. The van der Waals surface area contributed by atoms with Gasteiger partial charge in [-0.15, -0.1) is 0 Å². The lowest BCUT2D eigenvalue weighted by molar-refractivity contribution is 0.0636. The van der Waals surface area contributed by atoms with E-state index in [0.29, 0.717) is 46.0 Å². The molecule has 2 amide bonds. The second kappa shape index (κ2) is 14.0. The Kier molecular flexibility index (Phi) is 12.0. The molecular formula is C34H60N2O6Si2. The Morgan fingerprint density at radius 3 is 1.95 bits per heavy atom. The van der Waals surface area contributed by atoms with E-state index in [1.165, 1.54) is 0 Å². The van der Waals surface area contributed by atoms with Gasteiger partial charge < -0.3 is 23.2 Å². The van der Waals surface area contributed by atoms with Crippen molar-refractivity contribution in [1.82, 2.24) is 4.90 Å². The molecule has 1 aromatic carbocycles. The molecule has 1 N–H and O–H groups in total. The van der Waals surface area contributed by atoms with Crippen LogP contribution in [0, 0.1) is 0 Å². The summed E-state index contributed by atoms with van der Waals surface area (Å²) in [7, 11) is -2.85. The van der Waals surface area contributed by atoms with Gasteiger partial charge in [-0.05, 0) is 74.9 Å². The highest BCUT2D eigenvalue weighted by Gasteiger charge is 2.48. The van der Waals surface area contributed by atoms with Crippen molar-refractivity contribution in [3.8, 4) is 11.5 Å². The number of ether oxygens (including phenoxy) is 2. The van der Waals surface area contributed by atoms with Crippen LogP contribution in [0.5, 0.6) is 11.5 Å². The van der Waals surface area contributed by atoms with Crippen LogP contribution < -0.4 is 14.5 Å². The number of rotatable bonds is 11. The molecule has 0 radical (unpaired) electrons. The largest absolute Gasteiger partial charge is 0.540 e. The SMILES string of the molecule is COc1cc(C(=O)N2C=C(C)C[C@H]2CO[Si](C)(C)C(C)(C)C)c(NC(=O)OC(C)(C)C)cc1O[Si](C(C)C)(C(C)C)C(C)C. The number of anilines is 1. The van der Waals surface area contributed by atoms with Crippen LogP contribution in [0.15, 0.2) is 23.9 Å². The third kappa shape index (κ3) is 8.69. The zero-order valence-electron chi connectivity index (χ0n) is 30.4. The van der Waals surface area contributed by atoms with Gasteiger partial charge in [0, 0.05) is 12.3 Å². The molecule has 1 aliphatic heterocycles. The second-order valence-electron chi connectivity index (χ2n) is 15.7. The number of methoxy groups -OCH3 is 1. The van der Waals surface area contributed by atoms with Crippen molar-refractivity contribution in [2.75, 3.05) is 19.0 Å². The number of carbonyl (C=O) groups is 2. The summed E-state index contributed by atoms with van der Waals surface area (Å²) in [6, 6.07) is 3.27. The summed E-state index contributed by atoms with van der Waals surface area (Å²) in [5, 5.41) is 2.92. The number of hydrogen-bond donors (Lipinski definition) is 1. The van der Waals surface area contributed by atoms with Gasteiger partial charge in [0.05, 0.1) is 31.0 Å².